The Morgan fingerprint density at radius 1 is 1.17 bits per heavy atom. The number of rotatable bonds is 5. The average molecular weight is 344 g/mol. The van der Waals surface area contributed by atoms with Gasteiger partial charge in [0.15, 0.2) is 17.5 Å². The Balaban J connectivity index is 1.89. The van der Waals surface area contributed by atoms with Gasteiger partial charge in [0.2, 0.25) is 0 Å². The number of hydrogen-bond acceptors (Lipinski definition) is 2. The summed E-state index contributed by atoms with van der Waals surface area (Å²) in [4.78, 5) is 11.7. The van der Waals surface area contributed by atoms with Gasteiger partial charge in [0.25, 0.3) is 5.91 Å². The van der Waals surface area contributed by atoms with Crippen molar-refractivity contribution in [3.63, 3.8) is 0 Å². The Kier molecular flexibility index (Phi) is 5.50. The van der Waals surface area contributed by atoms with E-state index in [1.807, 2.05) is 6.92 Å². The van der Waals surface area contributed by atoms with E-state index in [9.17, 15) is 18.0 Å². The smallest absolute Gasteiger partial charge is 0.254 e. The topological polar surface area (TPSA) is 38.3 Å². The van der Waals surface area contributed by atoms with Crippen molar-refractivity contribution in [1.29, 1.82) is 0 Å². The molecule has 1 amide bonds. The second-order valence-corrected chi connectivity index (χ2v) is 5.17. The molecule has 0 aliphatic carbocycles. The fourth-order valence-electron chi connectivity index (χ4n) is 1.90. The molecule has 0 atom stereocenters. The van der Waals surface area contributed by atoms with E-state index in [0.29, 0.717) is 16.8 Å². The van der Waals surface area contributed by atoms with E-state index in [1.165, 1.54) is 0 Å². The highest BCUT2D eigenvalue weighted by Crippen LogP contribution is 2.21. The molecule has 2 aromatic rings. The third-order valence-corrected chi connectivity index (χ3v) is 3.30. The van der Waals surface area contributed by atoms with Gasteiger partial charge in [-0.3, -0.25) is 4.79 Å². The van der Waals surface area contributed by atoms with Gasteiger partial charge in [0.1, 0.15) is 12.4 Å². The lowest BCUT2D eigenvalue weighted by Crippen LogP contribution is -2.29. The molecule has 0 spiro atoms. The molecule has 0 saturated carbocycles. The van der Waals surface area contributed by atoms with Crippen molar-refractivity contribution in [3.05, 3.63) is 63.9 Å². The number of nitrogens with one attached hydrogen (secondary N) is 1. The van der Waals surface area contributed by atoms with Gasteiger partial charge in [-0.25, -0.2) is 13.2 Å². The normalized spacial score (nSPS) is 10.5. The highest BCUT2D eigenvalue weighted by Gasteiger charge is 2.18. The fraction of sp³-hybridized carbons (Fsp3) is 0.188. The van der Waals surface area contributed by atoms with E-state index in [-0.39, 0.29) is 13.2 Å². The summed E-state index contributed by atoms with van der Waals surface area (Å²) < 4.78 is 44.8. The Morgan fingerprint density at radius 2 is 1.91 bits per heavy atom. The number of amides is 1. The molecule has 0 saturated heterocycles. The number of halogens is 4. The van der Waals surface area contributed by atoms with Gasteiger partial charge in [-0.1, -0.05) is 11.6 Å². The van der Waals surface area contributed by atoms with Crippen molar-refractivity contribution in [1.82, 2.24) is 5.32 Å². The molecule has 23 heavy (non-hydrogen) atoms. The monoisotopic (exact) mass is 343 g/mol. The van der Waals surface area contributed by atoms with Crippen molar-refractivity contribution in [2.75, 3.05) is 13.2 Å². The van der Waals surface area contributed by atoms with Crippen molar-refractivity contribution in [3.8, 4) is 5.75 Å². The van der Waals surface area contributed by atoms with Crippen LogP contribution in [-0.2, 0) is 0 Å². The molecular formula is C16H13ClF3NO2. The van der Waals surface area contributed by atoms with Gasteiger partial charge in [0.05, 0.1) is 12.1 Å². The molecule has 0 aliphatic heterocycles. The van der Waals surface area contributed by atoms with Crippen LogP contribution in [0.3, 0.4) is 0 Å². The van der Waals surface area contributed by atoms with Crippen LogP contribution in [0.5, 0.6) is 5.75 Å². The van der Waals surface area contributed by atoms with Crippen LogP contribution in [0.25, 0.3) is 0 Å². The highest BCUT2D eigenvalue weighted by atomic mass is 35.5. The van der Waals surface area contributed by atoms with Gasteiger partial charge in [-0.2, -0.15) is 0 Å². The number of benzene rings is 2. The lowest BCUT2D eigenvalue weighted by molar-refractivity contribution is 0.0941. The van der Waals surface area contributed by atoms with Gasteiger partial charge >= 0.3 is 0 Å². The zero-order chi connectivity index (χ0) is 17.0. The summed E-state index contributed by atoms with van der Waals surface area (Å²) in [5, 5.41) is 2.95. The molecule has 2 rings (SSSR count). The van der Waals surface area contributed by atoms with Crippen molar-refractivity contribution < 1.29 is 22.7 Å². The Morgan fingerprint density at radius 3 is 2.61 bits per heavy atom. The van der Waals surface area contributed by atoms with Crippen LogP contribution in [0.2, 0.25) is 5.02 Å². The van der Waals surface area contributed by atoms with Crippen molar-refractivity contribution in [2.24, 2.45) is 0 Å². The Bertz CT molecular complexity index is 738. The molecule has 122 valence electrons. The summed E-state index contributed by atoms with van der Waals surface area (Å²) in [5.74, 6) is -4.79. The Hall–Kier alpha value is -2.21. The molecule has 0 aliphatic rings. The summed E-state index contributed by atoms with van der Waals surface area (Å²) in [7, 11) is 0. The summed E-state index contributed by atoms with van der Waals surface area (Å²) in [6, 6.07) is 6.66. The first-order valence-corrected chi connectivity index (χ1v) is 7.08. The summed E-state index contributed by atoms with van der Waals surface area (Å²) in [6.07, 6.45) is 0. The van der Waals surface area contributed by atoms with Gasteiger partial charge < -0.3 is 10.1 Å². The standard InChI is InChI=1S/C16H13ClF3NO2/c1-9-8-10(17)2-5-13(9)23-7-6-21-16(22)11-3-4-12(18)15(20)14(11)19/h2-5,8H,6-7H2,1H3,(H,21,22). The molecule has 0 aromatic heterocycles. The van der Waals surface area contributed by atoms with Crippen molar-refractivity contribution in [2.45, 2.75) is 6.92 Å². The highest BCUT2D eigenvalue weighted by molar-refractivity contribution is 6.30. The van der Waals surface area contributed by atoms with Crippen LogP contribution in [0.15, 0.2) is 30.3 Å². The second kappa shape index (κ2) is 7.37. The molecule has 0 bridgehead atoms. The molecular weight excluding hydrogens is 331 g/mol. The molecule has 0 radical (unpaired) electrons. The number of carbonyl (C=O) groups is 1. The molecule has 3 nitrogen and oxygen atoms in total. The van der Waals surface area contributed by atoms with E-state index >= 15 is 0 Å². The Labute approximate surface area is 136 Å². The first-order chi connectivity index (χ1) is 10.9. The maximum Gasteiger partial charge on any atom is 0.254 e. The van der Waals surface area contributed by atoms with E-state index in [1.54, 1.807) is 18.2 Å². The lowest BCUT2D eigenvalue weighted by atomic mass is 10.2. The van der Waals surface area contributed by atoms with E-state index in [0.717, 1.165) is 11.6 Å². The summed E-state index contributed by atoms with van der Waals surface area (Å²) in [6.45, 7) is 2.01. The quantitative estimate of drug-likeness (QED) is 0.661. The first-order valence-electron chi connectivity index (χ1n) is 6.71. The molecule has 0 unspecified atom stereocenters. The first kappa shape index (κ1) is 17.1. The minimum Gasteiger partial charge on any atom is -0.491 e. The third kappa shape index (κ3) is 4.16. The fourth-order valence-corrected chi connectivity index (χ4v) is 2.12. The summed E-state index contributed by atoms with van der Waals surface area (Å²) in [5.41, 5.74) is 0.266. The minimum atomic E-state index is -1.68. The largest absolute Gasteiger partial charge is 0.491 e. The van der Waals surface area contributed by atoms with E-state index in [2.05, 4.69) is 5.32 Å². The van der Waals surface area contributed by atoms with Crippen LogP contribution in [-0.4, -0.2) is 19.1 Å². The molecule has 2 aromatic carbocycles. The zero-order valence-corrected chi connectivity index (χ0v) is 12.9. The van der Waals surface area contributed by atoms with Crippen LogP contribution in [0.1, 0.15) is 15.9 Å². The average Bonchev–Trinajstić information content (AvgIpc) is 2.51. The SMILES string of the molecule is Cc1cc(Cl)ccc1OCCNC(=O)c1ccc(F)c(F)c1F. The van der Waals surface area contributed by atoms with Gasteiger partial charge in [0, 0.05) is 5.02 Å². The summed E-state index contributed by atoms with van der Waals surface area (Å²) >= 11 is 5.82. The maximum atomic E-state index is 13.5. The van der Waals surface area contributed by atoms with Crippen LogP contribution in [0.4, 0.5) is 13.2 Å². The van der Waals surface area contributed by atoms with Crippen LogP contribution < -0.4 is 10.1 Å². The molecule has 0 heterocycles. The second-order valence-electron chi connectivity index (χ2n) is 4.74. The van der Waals surface area contributed by atoms with Gasteiger partial charge in [-0.15, -0.1) is 0 Å². The van der Waals surface area contributed by atoms with Crippen LogP contribution in [0, 0.1) is 24.4 Å². The number of carbonyl (C=O) groups excluding carboxylic acids is 1. The number of ether oxygens (including phenoxy) is 1. The predicted molar refractivity (Wildman–Crippen MR) is 80.3 cm³/mol. The van der Waals surface area contributed by atoms with E-state index < -0.39 is 28.9 Å². The molecule has 0 fully saturated rings. The van der Waals surface area contributed by atoms with E-state index in [4.69, 9.17) is 16.3 Å². The number of aryl methyl sites for hydroxylation is 1. The third-order valence-electron chi connectivity index (χ3n) is 3.06. The van der Waals surface area contributed by atoms with Crippen molar-refractivity contribution >= 4 is 17.5 Å². The molecule has 1 N–H and O–H groups in total. The molecule has 7 heteroatoms. The lowest BCUT2D eigenvalue weighted by Gasteiger charge is -2.10. The number of hydrogen-bond donors (Lipinski definition) is 1. The predicted octanol–water partition coefficient (Wildman–Crippen LogP) is 3.87. The zero-order valence-electron chi connectivity index (χ0n) is 12.1. The minimum absolute atomic E-state index is 0.0688. The van der Waals surface area contributed by atoms with Crippen LogP contribution >= 0.6 is 11.6 Å². The van der Waals surface area contributed by atoms with Gasteiger partial charge in [-0.05, 0) is 42.8 Å². The maximum absolute atomic E-state index is 13.5.